The lowest BCUT2D eigenvalue weighted by atomic mass is 10.1. The van der Waals surface area contributed by atoms with Crippen LogP contribution in [0.1, 0.15) is 13.3 Å². The third kappa shape index (κ3) is 3.11. The lowest BCUT2D eigenvalue weighted by molar-refractivity contribution is 0.0792. The second kappa shape index (κ2) is 6.01. The Morgan fingerprint density at radius 1 is 1.22 bits per heavy atom. The predicted molar refractivity (Wildman–Crippen MR) is 56.0 cm³/mol. The van der Waals surface area contributed by atoms with Gasteiger partial charge >= 0.3 is 0 Å². The topological polar surface area (TPSA) is 55.5 Å². The van der Waals surface area contributed by atoms with E-state index in [0.29, 0.717) is 6.42 Å². The average Bonchev–Trinajstić information content (AvgIpc) is 2.35. The van der Waals surface area contributed by atoms with Crippen molar-refractivity contribution in [3.8, 4) is 5.75 Å². The van der Waals surface area contributed by atoms with Gasteiger partial charge in [-0.25, -0.2) is 8.78 Å². The summed E-state index contributed by atoms with van der Waals surface area (Å²) < 4.78 is 56.5. The SMILES string of the molecule is CC[C@H](N)C(O)COc1c(F)c(F)cc(F)c1F. The van der Waals surface area contributed by atoms with Gasteiger partial charge in [0.2, 0.25) is 11.6 Å². The van der Waals surface area contributed by atoms with E-state index in [1.54, 1.807) is 6.92 Å². The van der Waals surface area contributed by atoms with E-state index in [1.165, 1.54) is 0 Å². The average molecular weight is 267 g/mol. The van der Waals surface area contributed by atoms with Gasteiger partial charge in [0.15, 0.2) is 17.4 Å². The molecule has 0 aliphatic rings. The van der Waals surface area contributed by atoms with Crippen LogP contribution in [0.2, 0.25) is 0 Å². The molecular weight excluding hydrogens is 254 g/mol. The molecule has 7 heteroatoms. The minimum absolute atomic E-state index is 0.0751. The molecule has 3 nitrogen and oxygen atoms in total. The smallest absolute Gasteiger partial charge is 0.203 e. The lowest BCUT2D eigenvalue weighted by Crippen LogP contribution is -2.38. The van der Waals surface area contributed by atoms with Crippen molar-refractivity contribution in [2.24, 2.45) is 5.73 Å². The molecule has 0 aliphatic heterocycles. The Morgan fingerprint density at radius 2 is 1.72 bits per heavy atom. The molecule has 102 valence electrons. The highest BCUT2D eigenvalue weighted by molar-refractivity contribution is 5.28. The third-order valence-electron chi connectivity index (χ3n) is 2.44. The van der Waals surface area contributed by atoms with Crippen LogP contribution in [-0.2, 0) is 0 Å². The van der Waals surface area contributed by atoms with E-state index in [1.807, 2.05) is 0 Å². The van der Waals surface area contributed by atoms with Crippen molar-refractivity contribution in [1.82, 2.24) is 0 Å². The minimum Gasteiger partial charge on any atom is -0.485 e. The first-order valence-electron chi connectivity index (χ1n) is 5.27. The Labute approximate surface area is 101 Å². The van der Waals surface area contributed by atoms with E-state index >= 15 is 0 Å². The number of nitrogens with two attached hydrogens (primary N) is 1. The molecule has 3 N–H and O–H groups in total. The van der Waals surface area contributed by atoms with Gasteiger partial charge in [-0.15, -0.1) is 0 Å². The number of aliphatic hydroxyl groups excluding tert-OH is 1. The highest BCUT2D eigenvalue weighted by Gasteiger charge is 2.22. The van der Waals surface area contributed by atoms with Gasteiger partial charge in [-0.1, -0.05) is 6.92 Å². The van der Waals surface area contributed by atoms with Crippen LogP contribution < -0.4 is 10.5 Å². The zero-order valence-corrected chi connectivity index (χ0v) is 9.59. The van der Waals surface area contributed by atoms with Crippen LogP contribution >= 0.6 is 0 Å². The molecule has 18 heavy (non-hydrogen) atoms. The maximum absolute atomic E-state index is 13.2. The fourth-order valence-corrected chi connectivity index (χ4v) is 1.24. The molecule has 1 unspecified atom stereocenters. The highest BCUT2D eigenvalue weighted by atomic mass is 19.2. The summed E-state index contributed by atoms with van der Waals surface area (Å²) in [5.41, 5.74) is 5.45. The van der Waals surface area contributed by atoms with E-state index in [9.17, 15) is 22.7 Å². The van der Waals surface area contributed by atoms with Gasteiger partial charge in [0, 0.05) is 12.1 Å². The number of halogens is 4. The summed E-state index contributed by atoms with van der Waals surface area (Å²) in [5, 5.41) is 9.42. The molecule has 0 spiro atoms. The van der Waals surface area contributed by atoms with Crippen LogP contribution in [0, 0.1) is 23.3 Å². The Balaban J connectivity index is 2.85. The summed E-state index contributed by atoms with van der Waals surface area (Å²) >= 11 is 0. The van der Waals surface area contributed by atoms with Crippen LogP contribution in [-0.4, -0.2) is 23.9 Å². The Kier molecular flexibility index (Phi) is 4.92. The first-order valence-corrected chi connectivity index (χ1v) is 5.27. The lowest BCUT2D eigenvalue weighted by Gasteiger charge is -2.18. The maximum atomic E-state index is 13.2. The first kappa shape index (κ1) is 14.7. The molecule has 0 bridgehead atoms. The van der Waals surface area contributed by atoms with E-state index in [0.717, 1.165) is 0 Å². The van der Waals surface area contributed by atoms with E-state index in [2.05, 4.69) is 4.74 Å². The molecule has 0 fully saturated rings. The molecule has 1 aromatic carbocycles. The van der Waals surface area contributed by atoms with Crippen molar-refractivity contribution in [2.45, 2.75) is 25.5 Å². The van der Waals surface area contributed by atoms with Crippen LogP contribution in [0.4, 0.5) is 17.6 Å². The van der Waals surface area contributed by atoms with E-state index in [4.69, 9.17) is 5.73 Å². The first-order chi connectivity index (χ1) is 8.38. The Hall–Kier alpha value is -1.34. The Morgan fingerprint density at radius 3 is 2.17 bits per heavy atom. The molecule has 0 heterocycles. The molecule has 2 atom stereocenters. The fraction of sp³-hybridized carbons (Fsp3) is 0.455. The van der Waals surface area contributed by atoms with Crippen molar-refractivity contribution in [2.75, 3.05) is 6.61 Å². The van der Waals surface area contributed by atoms with Gasteiger partial charge in [-0.05, 0) is 6.42 Å². The Bertz CT molecular complexity index is 402. The molecule has 0 saturated heterocycles. The highest BCUT2D eigenvalue weighted by Crippen LogP contribution is 2.26. The van der Waals surface area contributed by atoms with Crippen LogP contribution in [0.25, 0.3) is 0 Å². The fourth-order valence-electron chi connectivity index (χ4n) is 1.24. The van der Waals surface area contributed by atoms with E-state index < -0.39 is 47.8 Å². The summed E-state index contributed by atoms with van der Waals surface area (Å²) in [6.07, 6.45) is -0.785. The molecule has 0 amide bonds. The second-order valence-electron chi connectivity index (χ2n) is 3.75. The number of ether oxygens (including phenoxy) is 1. The van der Waals surface area contributed by atoms with Gasteiger partial charge in [0.05, 0.1) is 0 Å². The largest absolute Gasteiger partial charge is 0.485 e. The number of benzene rings is 1. The summed E-state index contributed by atoms with van der Waals surface area (Å²) in [5.74, 6) is -7.64. The summed E-state index contributed by atoms with van der Waals surface area (Å²) in [6.45, 7) is 1.13. The number of rotatable bonds is 5. The van der Waals surface area contributed by atoms with Gasteiger partial charge < -0.3 is 15.6 Å². The molecule has 0 aliphatic carbocycles. The minimum atomic E-state index is -1.65. The van der Waals surface area contributed by atoms with Crippen LogP contribution in [0.15, 0.2) is 6.07 Å². The number of aliphatic hydroxyl groups is 1. The molecule has 0 aromatic heterocycles. The molecule has 1 rings (SSSR count). The van der Waals surface area contributed by atoms with Crippen molar-refractivity contribution in [1.29, 1.82) is 0 Å². The van der Waals surface area contributed by atoms with Gasteiger partial charge in [-0.3, -0.25) is 0 Å². The molecule has 0 radical (unpaired) electrons. The summed E-state index contributed by atoms with van der Waals surface area (Å²) in [4.78, 5) is 0. The van der Waals surface area contributed by atoms with Gasteiger partial charge in [0.1, 0.15) is 12.7 Å². The normalized spacial score (nSPS) is 14.4. The number of hydrogen-bond donors (Lipinski definition) is 2. The van der Waals surface area contributed by atoms with Crippen molar-refractivity contribution in [3.05, 3.63) is 29.3 Å². The monoisotopic (exact) mass is 267 g/mol. The van der Waals surface area contributed by atoms with Crippen molar-refractivity contribution >= 4 is 0 Å². The maximum Gasteiger partial charge on any atom is 0.203 e. The zero-order chi connectivity index (χ0) is 13.9. The standard InChI is InChI=1S/C11H13F4NO2/c1-2-7(16)8(17)4-18-11-9(14)5(12)3-6(13)10(11)15/h3,7-8,17H,2,4,16H2,1H3/t7-,8?/m0/s1. The van der Waals surface area contributed by atoms with Crippen molar-refractivity contribution in [3.63, 3.8) is 0 Å². The van der Waals surface area contributed by atoms with Gasteiger partial charge in [-0.2, -0.15) is 8.78 Å². The second-order valence-corrected chi connectivity index (χ2v) is 3.75. The molecule has 1 aromatic rings. The van der Waals surface area contributed by atoms with Crippen LogP contribution in [0.3, 0.4) is 0 Å². The summed E-state index contributed by atoms with van der Waals surface area (Å²) in [7, 11) is 0. The van der Waals surface area contributed by atoms with E-state index in [-0.39, 0.29) is 6.07 Å². The molecular formula is C11H13F4NO2. The quantitative estimate of drug-likeness (QED) is 0.631. The predicted octanol–water partition coefficient (Wildman–Crippen LogP) is 1.72. The molecule has 0 saturated carbocycles. The van der Waals surface area contributed by atoms with Crippen LogP contribution in [0.5, 0.6) is 5.75 Å². The zero-order valence-electron chi connectivity index (χ0n) is 9.59. The number of hydrogen-bond acceptors (Lipinski definition) is 3. The third-order valence-corrected chi connectivity index (χ3v) is 2.44. The van der Waals surface area contributed by atoms with Crippen molar-refractivity contribution < 1.29 is 27.4 Å². The summed E-state index contributed by atoms with van der Waals surface area (Å²) in [6, 6.07) is -0.583. The van der Waals surface area contributed by atoms with Gasteiger partial charge in [0.25, 0.3) is 0 Å².